The van der Waals surface area contributed by atoms with Gasteiger partial charge in [0.05, 0.1) is 5.57 Å². The van der Waals surface area contributed by atoms with Crippen LogP contribution in [0.25, 0.3) is 11.6 Å². The maximum atomic E-state index is 13.5. The molecule has 0 spiro atoms. The second kappa shape index (κ2) is 5.67. The third-order valence-corrected chi connectivity index (χ3v) is 2.81. The summed E-state index contributed by atoms with van der Waals surface area (Å²) in [5, 5.41) is 9.66. The first-order valence-corrected chi connectivity index (χ1v) is 5.91. The highest BCUT2D eigenvalue weighted by atomic mass is 35.5. The van der Waals surface area contributed by atoms with Crippen LogP contribution >= 0.6 is 11.6 Å². The van der Waals surface area contributed by atoms with Crippen molar-refractivity contribution in [2.45, 2.75) is 0 Å². The van der Waals surface area contributed by atoms with Crippen molar-refractivity contribution in [3.8, 4) is 0 Å². The summed E-state index contributed by atoms with van der Waals surface area (Å²) in [5.74, 6) is -1.60. The number of rotatable bonds is 3. The molecule has 0 radical (unpaired) electrons. The van der Waals surface area contributed by atoms with Gasteiger partial charge in [0.15, 0.2) is 0 Å². The molecule has 0 heterocycles. The summed E-state index contributed by atoms with van der Waals surface area (Å²) in [6.45, 7) is 0. The standard InChI is InChI=1S/C15H10ClFO2/c16-12-6-3-5-10(8-12)13(15(18)19)9-11-4-1-2-7-14(11)17/h1-9H,(H,18,19)/b13-9+. The molecule has 19 heavy (non-hydrogen) atoms. The molecule has 2 rings (SSSR count). The molecule has 0 atom stereocenters. The normalized spacial score (nSPS) is 11.4. The highest BCUT2D eigenvalue weighted by molar-refractivity contribution is 6.31. The molecule has 0 aliphatic rings. The van der Waals surface area contributed by atoms with E-state index in [9.17, 15) is 14.3 Å². The maximum Gasteiger partial charge on any atom is 0.336 e. The van der Waals surface area contributed by atoms with E-state index in [0.717, 1.165) is 0 Å². The summed E-state index contributed by atoms with van der Waals surface area (Å²) in [7, 11) is 0. The fraction of sp³-hybridized carbons (Fsp3) is 0. The van der Waals surface area contributed by atoms with Crippen LogP contribution < -0.4 is 0 Å². The van der Waals surface area contributed by atoms with Gasteiger partial charge in [0.2, 0.25) is 0 Å². The van der Waals surface area contributed by atoms with Gasteiger partial charge in [0, 0.05) is 10.6 Å². The van der Waals surface area contributed by atoms with Gasteiger partial charge in [-0.05, 0) is 29.8 Å². The zero-order valence-corrected chi connectivity index (χ0v) is 10.6. The molecule has 0 aliphatic carbocycles. The van der Waals surface area contributed by atoms with Gasteiger partial charge < -0.3 is 5.11 Å². The largest absolute Gasteiger partial charge is 0.478 e. The van der Waals surface area contributed by atoms with Gasteiger partial charge in [-0.1, -0.05) is 41.9 Å². The second-order valence-electron chi connectivity index (χ2n) is 3.90. The highest BCUT2D eigenvalue weighted by Gasteiger charge is 2.12. The van der Waals surface area contributed by atoms with E-state index in [2.05, 4.69) is 0 Å². The van der Waals surface area contributed by atoms with Crippen LogP contribution in [0.4, 0.5) is 4.39 Å². The molecule has 0 saturated carbocycles. The molecule has 0 unspecified atom stereocenters. The molecule has 2 aromatic rings. The number of carbonyl (C=O) groups is 1. The highest BCUT2D eigenvalue weighted by Crippen LogP contribution is 2.22. The van der Waals surface area contributed by atoms with E-state index >= 15 is 0 Å². The molecule has 1 N–H and O–H groups in total. The summed E-state index contributed by atoms with van der Waals surface area (Å²) in [4.78, 5) is 11.3. The third-order valence-electron chi connectivity index (χ3n) is 2.57. The second-order valence-corrected chi connectivity index (χ2v) is 4.33. The minimum Gasteiger partial charge on any atom is -0.478 e. The van der Waals surface area contributed by atoms with Crippen LogP contribution in [-0.4, -0.2) is 11.1 Å². The van der Waals surface area contributed by atoms with Gasteiger partial charge in [-0.25, -0.2) is 9.18 Å². The van der Waals surface area contributed by atoms with E-state index in [-0.39, 0.29) is 11.1 Å². The minimum absolute atomic E-state index is 0.00685. The van der Waals surface area contributed by atoms with Crippen molar-refractivity contribution in [2.24, 2.45) is 0 Å². The Bertz CT molecular complexity index is 650. The summed E-state index contributed by atoms with van der Waals surface area (Å²) in [5.41, 5.74) is 0.649. The van der Waals surface area contributed by atoms with E-state index < -0.39 is 11.8 Å². The van der Waals surface area contributed by atoms with E-state index in [1.54, 1.807) is 30.3 Å². The van der Waals surface area contributed by atoms with Crippen molar-refractivity contribution in [1.29, 1.82) is 0 Å². The van der Waals surface area contributed by atoms with Crippen LogP contribution in [0.3, 0.4) is 0 Å². The average molecular weight is 277 g/mol. The molecule has 0 amide bonds. The predicted molar refractivity (Wildman–Crippen MR) is 73.4 cm³/mol. The fourth-order valence-electron chi connectivity index (χ4n) is 1.67. The Kier molecular flexibility index (Phi) is 3.97. The molecule has 0 saturated heterocycles. The number of hydrogen-bond donors (Lipinski definition) is 1. The first-order valence-electron chi connectivity index (χ1n) is 5.53. The molecule has 0 bridgehead atoms. The predicted octanol–water partition coefficient (Wildman–Crippen LogP) is 4.10. The summed E-state index contributed by atoms with van der Waals surface area (Å²) in [6, 6.07) is 12.4. The van der Waals surface area contributed by atoms with Crippen molar-refractivity contribution in [3.63, 3.8) is 0 Å². The van der Waals surface area contributed by atoms with E-state index in [1.165, 1.54) is 24.3 Å². The lowest BCUT2D eigenvalue weighted by atomic mass is 10.0. The number of carboxylic acid groups (broad SMARTS) is 1. The number of hydrogen-bond acceptors (Lipinski definition) is 1. The maximum absolute atomic E-state index is 13.5. The molecule has 96 valence electrons. The first kappa shape index (κ1) is 13.3. The monoisotopic (exact) mass is 276 g/mol. The first-order chi connectivity index (χ1) is 9.08. The lowest BCUT2D eigenvalue weighted by Crippen LogP contribution is -2.00. The zero-order chi connectivity index (χ0) is 13.8. The quantitative estimate of drug-likeness (QED) is 0.677. The number of halogens is 2. The van der Waals surface area contributed by atoms with Gasteiger partial charge in [-0.15, -0.1) is 0 Å². The van der Waals surface area contributed by atoms with E-state index in [4.69, 9.17) is 11.6 Å². The van der Waals surface area contributed by atoms with Crippen molar-refractivity contribution < 1.29 is 14.3 Å². The Hall–Kier alpha value is -2.13. The topological polar surface area (TPSA) is 37.3 Å². The van der Waals surface area contributed by atoms with Crippen molar-refractivity contribution in [1.82, 2.24) is 0 Å². The van der Waals surface area contributed by atoms with Gasteiger partial charge in [0.25, 0.3) is 0 Å². The zero-order valence-electron chi connectivity index (χ0n) is 9.81. The van der Waals surface area contributed by atoms with Crippen molar-refractivity contribution in [2.75, 3.05) is 0 Å². The molecular weight excluding hydrogens is 267 g/mol. The number of aliphatic carboxylic acids is 1. The molecule has 0 aromatic heterocycles. The van der Waals surface area contributed by atoms with Gasteiger partial charge in [-0.3, -0.25) is 0 Å². The summed E-state index contributed by atoms with van der Waals surface area (Å²) >= 11 is 5.83. The molecule has 0 aliphatic heterocycles. The summed E-state index contributed by atoms with van der Waals surface area (Å²) < 4.78 is 13.5. The minimum atomic E-state index is -1.13. The Morgan fingerprint density at radius 1 is 1.16 bits per heavy atom. The molecule has 0 fully saturated rings. The lowest BCUT2D eigenvalue weighted by molar-refractivity contribution is -0.130. The van der Waals surface area contributed by atoms with Crippen LogP contribution in [0.1, 0.15) is 11.1 Å². The van der Waals surface area contributed by atoms with E-state index in [1.807, 2.05) is 0 Å². The van der Waals surface area contributed by atoms with E-state index in [0.29, 0.717) is 10.6 Å². The molecule has 2 nitrogen and oxygen atoms in total. The van der Waals surface area contributed by atoms with Crippen LogP contribution in [0.5, 0.6) is 0 Å². The smallest absolute Gasteiger partial charge is 0.336 e. The van der Waals surface area contributed by atoms with Crippen LogP contribution in [-0.2, 0) is 4.79 Å². The Morgan fingerprint density at radius 3 is 2.53 bits per heavy atom. The van der Waals surface area contributed by atoms with Crippen LogP contribution in [0.2, 0.25) is 5.02 Å². The lowest BCUT2D eigenvalue weighted by Gasteiger charge is -2.04. The van der Waals surface area contributed by atoms with Crippen molar-refractivity contribution >= 4 is 29.2 Å². The Labute approximate surface area is 114 Å². The Balaban J connectivity index is 2.53. The van der Waals surface area contributed by atoms with Gasteiger partial charge >= 0.3 is 5.97 Å². The average Bonchev–Trinajstić information content (AvgIpc) is 2.37. The van der Waals surface area contributed by atoms with Crippen LogP contribution in [0.15, 0.2) is 48.5 Å². The van der Waals surface area contributed by atoms with Gasteiger partial charge in [-0.2, -0.15) is 0 Å². The van der Waals surface area contributed by atoms with Crippen LogP contribution in [0, 0.1) is 5.82 Å². The van der Waals surface area contributed by atoms with Gasteiger partial charge in [0.1, 0.15) is 5.82 Å². The Morgan fingerprint density at radius 2 is 1.89 bits per heavy atom. The SMILES string of the molecule is O=C(O)/C(=C/c1ccccc1F)c1cccc(Cl)c1. The molecule has 2 aromatic carbocycles. The molecule has 4 heteroatoms. The fourth-order valence-corrected chi connectivity index (χ4v) is 1.86. The summed E-state index contributed by atoms with van der Waals surface area (Å²) in [6.07, 6.45) is 1.29. The van der Waals surface area contributed by atoms with Crippen molar-refractivity contribution in [3.05, 3.63) is 70.5 Å². The molecular formula is C15H10ClFO2. The number of benzene rings is 2. The number of carboxylic acids is 1. The third kappa shape index (κ3) is 3.20.